The lowest BCUT2D eigenvalue weighted by atomic mass is 9.95. The van der Waals surface area contributed by atoms with E-state index in [1.807, 2.05) is 19.1 Å². The molecular weight excluding hydrogens is 464 g/mol. The fourth-order valence-corrected chi connectivity index (χ4v) is 5.10. The lowest BCUT2D eigenvalue weighted by Crippen LogP contribution is -2.43. The summed E-state index contributed by atoms with van der Waals surface area (Å²) in [5.74, 6) is -0.167. The van der Waals surface area contributed by atoms with E-state index in [0.717, 1.165) is 25.7 Å². The molecule has 2 aliphatic rings. The van der Waals surface area contributed by atoms with E-state index < -0.39 is 12.4 Å². The fourth-order valence-electron chi connectivity index (χ4n) is 5.10. The maximum atomic E-state index is 11.3. The van der Waals surface area contributed by atoms with Crippen molar-refractivity contribution in [2.24, 2.45) is 0 Å². The molecule has 8 atom stereocenters. The summed E-state index contributed by atoms with van der Waals surface area (Å²) in [6.45, 7) is 7.52. The number of carbonyl (C=O) groups excluding carboxylic acids is 1. The number of aliphatic hydroxyl groups excluding tert-OH is 1. The van der Waals surface area contributed by atoms with Gasteiger partial charge in [0.15, 0.2) is 12.6 Å². The maximum Gasteiger partial charge on any atom is 0.302 e. The molecule has 2 aliphatic heterocycles. The summed E-state index contributed by atoms with van der Waals surface area (Å²) in [5.41, 5.74) is 0.636. The van der Waals surface area contributed by atoms with Crippen LogP contribution < -0.4 is 0 Å². The Kier molecular flexibility index (Phi) is 11.5. The molecule has 1 aromatic rings. The Morgan fingerprint density at radius 2 is 1.69 bits per heavy atom. The molecule has 0 aromatic heterocycles. The Balaban J connectivity index is 1.62. The maximum absolute atomic E-state index is 11.3. The van der Waals surface area contributed by atoms with Gasteiger partial charge in [0.2, 0.25) is 0 Å². The third-order valence-electron chi connectivity index (χ3n) is 6.93. The molecule has 0 aliphatic carbocycles. The first-order valence-corrected chi connectivity index (χ1v) is 13.6. The van der Waals surface area contributed by atoms with Crippen LogP contribution in [0.4, 0.5) is 0 Å². The second kappa shape index (κ2) is 14.3. The second-order valence-electron chi connectivity index (χ2n) is 10.0. The van der Waals surface area contributed by atoms with E-state index in [1.165, 1.54) is 6.92 Å². The van der Waals surface area contributed by atoms with Crippen molar-refractivity contribution in [3.63, 3.8) is 0 Å². The Bertz CT molecular complexity index is 802. The van der Waals surface area contributed by atoms with Crippen LogP contribution in [0.1, 0.15) is 97.3 Å². The Labute approximate surface area is 215 Å². The number of esters is 1. The number of hydrogen-bond donors (Lipinski definition) is 2. The summed E-state index contributed by atoms with van der Waals surface area (Å²) in [6, 6.07) is 7.12. The molecule has 2 N–H and O–H groups in total. The van der Waals surface area contributed by atoms with Crippen LogP contribution in [0.25, 0.3) is 0 Å². The lowest BCUT2D eigenvalue weighted by molar-refractivity contribution is -0.277. The third kappa shape index (κ3) is 8.70. The van der Waals surface area contributed by atoms with E-state index in [-0.39, 0.29) is 48.5 Å². The standard InChI is InChI=1S/C28H44O8/c1-5-10-27-33-22(14-19(30)13-20(6-2)32-18(4)29)16-23(34-27)17-24-15-21(7-3)35-28(36-24)25-11-8-9-12-26(25)31/h8-9,11-12,19-24,27-28,30-31H,5-7,10,13-17H2,1-4H3. The smallest absolute Gasteiger partial charge is 0.302 e. The summed E-state index contributed by atoms with van der Waals surface area (Å²) >= 11 is 0. The van der Waals surface area contributed by atoms with Gasteiger partial charge < -0.3 is 33.9 Å². The van der Waals surface area contributed by atoms with Gasteiger partial charge >= 0.3 is 5.97 Å². The number of carbonyl (C=O) groups is 1. The first-order chi connectivity index (χ1) is 17.3. The molecule has 8 unspecified atom stereocenters. The Morgan fingerprint density at radius 3 is 2.36 bits per heavy atom. The van der Waals surface area contributed by atoms with Crippen molar-refractivity contribution in [1.82, 2.24) is 0 Å². The van der Waals surface area contributed by atoms with E-state index in [1.54, 1.807) is 12.1 Å². The van der Waals surface area contributed by atoms with Crippen LogP contribution in [-0.2, 0) is 28.5 Å². The molecule has 2 fully saturated rings. The molecule has 2 heterocycles. The highest BCUT2D eigenvalue weighted by molar-refractivity contribution is 5.66. The number of phenols is 1. The average molecular weight is 509 g/mol. The Hall–Kier alpha value is -1.71. The molecule has 36 heavy (non-hydrogen) atoms. The van der Waals surface area contributed by atoms with Crippen LogP contribution in [-0.4, -0.2) is 59.1 Å². The zero-order chi connectivity index (χ0) is 26.1. The largest absolute Gasteiger partial charge is 0.507 e. The predicted octanol–water partition coefficient (Wildman–Crippen LogP) is 5.15. The number of aromatic hydroxyl groups is 1. The minimum absolute atomic E-state index is 0.0320. The molecule has 8 heteroatoms. The number of para-hydroxylation sites is 1. The molecule has 3 rings (SSSR count). The predicted molar refractivity (Wildman–Crippen MR) is 134 cm³/mol. The number of ether oxygens (including phenoxy) is 5. The highest BCUT2D eigenvalue weighted by atomic mass is 16.7. The van der Waals surface area contributed by atoms with Gasteiger partial charge in [-0.05, 0) is 31.7 Å². The second-order valence-corrected chi connectivity index (χ2v) is 10.0. The molecule has 0 saturated carbocycles. The highest BCUT2D eigenvalue weighted by Gasteiger charge is 2.37. The monoisotopic (exact) mass is 508 g/mol. The number of hydrogen-bond acceptors (Lipinski definition) is 8. The van der Waals surface area contributed by atoms with Crippen molar-refractivity contribution in [3.05, 3.63) is 29.8 Å². The highest BCUT2D eigenvalue weighted by Crippen LogP contribution is 2.38. The summed E-state index contributed by atoms with van der Waals surface area (Å²) in [7, 11) is 0. The van der Waals surface area contributed by atoms with Crippen molar-refractivity contribution in [3.8, 4) is 5.75 Å². The lowest BCUT2D eigenvalue weighted by Gasteiger charge is -2.41. The molecule has 204 valence electrons. The summed E-state index contributed by atoms with van der Waals surface area (Å²) in [6.07, 6.45) is 4.02. The van der Waals surface area contributed by atoms with Crippen LogP contribution >= 0.6 is 0 Å². The van der Waals surface area contributed by atoms with Crippen molar-refractivity contribution < 1.29 is 38.7 Å². The van der Waals surface area contributed by atoms with Gasteiger partial charge in [-0.2, -0.15) is 0 Å². The zero-order valence-electron chi connectivity index (χ0n) is 22.1. The minimum Gasteiger partial charge on any atom is -0.507 e. The van der Waals surface area contributed by atoms with Gasteiger partial charge in [-0.1, -0.05) is 45.4 Å². The van der Waals surface area contributed by atoms with Gasteiger partial charge in [-0.3, -0.25) is 4.79 Å². The quantitative estimate of drug-likeness (QED) is 0.374. The van der Waals surface area contributed by atoms with Gasteiger partial charge in [0.25, 0.3) is 0 Å². The van der Waals surface area contributed by atoms with Crippen LogP contribution in [0.2, 0.25) is 0 Å². The van der Waals surface area contributed by atoms with E-state index in [2.05, 4.69) is 13.8 Å². The van der Waals surface area contributed by atoms with Crippen molar-refractivity contribution in [1.29, 1.82) is 0 Å². The van der Waals surface area contributed by atoms with E-state index >= 15 is 0 Å². The van der Waals surface area contributed by atoms with Gasteiger partial charge in [-0.25, -0.2) is 0 Å². The van der Waals surface area contributed by atoms with Crippen LogP contribution in [0.3, 0.4) is 0 Å². The van der Waals surface area contributed by atoms with Crippen LogP contribution in [0.5, 0.6) is 5.75 Å². The zero-order valence-corrected chi connectivity index (χ0v) is 22.1. The molecule has 8 nitrogen and oxygen atoms in total. The summed E-state index contributed by atoms with van der Waals surface area (Å²) in [5, 5.41) is 21.0. The van der Waals surface area contributed by atoms with Crippen molar-refractivity contribution in [2.45, 2.75) is 135 Å². The first-order valence-electron chi connectivity index (χ1n) is 13.6. The fraction of sp³-hybridized carbons (Fsp3) is 0.750. The van der Waals surface area contributed by atoms with Crippen LogP contribution in [0, 0.1) is 0 Å². The summed E-state index contributed by atoms with van der Waals surface area (Å²) < 4.78 is 30.2. The van der Waals surface area contributed by atoms with E-state index in [9.17, 15) is 15.0 Å². The normalized spacial score (nSPS) is 30.5. The minimum atomic E-state index is -0.630. The topological polar surface area (TPSA) is 104 Å². The van der Waals surface area contributed by atoms with E-state index in [0.29, 0.717) is 37.7 Å². The molecule has 0 amide bonds. The molecular formula is C28H44O8. The molecule has 0 bridgehead atoms. The van der Waals surface area contributed by atoms with Gasteiger partial charge in [0.1, 0.15) is 11.9 Å². The van der Waals surface area contributed by atoms with Gasteiger partial charge in [-0.15, -0.1) is 0 Å². The first kappa shape index (κ1) is 28.9. The SMILES string of the molecule is CCCC1OC(CC(O)CC(CC)OC(C)=O)CC(CC2CC(CC)OC(c3ccccc3O)O2)O1. The molecule has 2 saturated heterocycles. The number of rotatable bonds is 12. The van der Waals surface area contributed by atoms with E-state index in [4.69, 9.17) is 23.7 Å². The average Bonchev–Trinajstić information content (AvgIpc) is 2.83. The molecule has 0 radical (unpaired) electrons. The van der Waals surface area contributed by atoms with Gasteiger partial charge in [0.05, 0.1) is 30.5 Å². The van der Waals surface area contributed by atoms with Crippen molar-refractivity contribution in [2.75, 3.05) is 0 Å². The third-order valence-corrected chi connectivity index (χ3v) is 6.93. The summed E-state index contributed by atoms with van der Waals surface area (Å²) in [4.78, 5) is 11.3. The number of phenolic OH excluding ortho intramolecular Hbond substituents is 1. The number of benzene rings is 1. The Morgan fingerprint density at radius 1 is 1.03 bits per heavy atom. The molecule has 0 spiro atoms. The molecule has 1 aromatic carbocycles. The van der Waals surface area contributed by atoms with Crippen LogP contribution in [0.15, 0.2) is 24.3 Å². The van der Waals surface area contributed by atoms with Gasteiger partial charge in [0, 0.05) is 38.2 Å². The number of aliphatic hydroxyl groups is 1. The van der Waals surface area contributed by atoms with Crippen molar-refractivity contribution >= 4 is 5.97 Å².